The van der Waals surface area contributed by atoms with E-state index < -0.39 is 0 Å². The second-order valence-corrected chi connectivity index (χ2v) is 10.1. The number of nitrogens with zero attached hydrogens (tertiary/aromatic N) is 2. The van der Waals surface area contributed by atoms with Crippen molar-refractivity contribution < 1.29 is 4.74 Å². The summed E-state index contributed by atoms with van der Waals surface area (Å²) in [6.07, 6.45) is 8.94. The first kappa shape index (κ1) is 23.5. The van der Waals surface area contributed by atoms with Crippen molar-refractivity contribution in [3.05, 3.63) is 35.9 Å². The molecule has 2 heterocycles. The van der Waals surface area contributed by atoms with Crippen LogP contribution >= 0.6 is 0 Å². The number of rotatable bonds is 8. The Balaban J connectivity index is 1.28. The number of guanidine groups is 1. The molecule has 4 rings (SSSR count). The number of aliphatic imine (C=N–C) groups is 1. The van der Waals surface area contributed by atoms with Gasteiger partial charge in [-0.15, -0.1) is 0 Å². The number of benzene rings is 1. The van der Waals surface area contributed by atoms with E-state index in [1.54, 1.807) is 0 Å². The van der Waals surface area contributed by atoms with E-state index in [0.717, 1.165) is 51.0 Å². The van der Waals surface area contributed by atoms with E-state index in [4.69, 9.17) is 4.74 Å². The summed E-state index contributed by atoms with van der Waals surface area (Å²) in [7, 11) is 1.89. The summed E-state index contributed by atoms with van der Waals surface area (Å²) in [5.41, 5.74) is 1.34. The Labute approximate surface area is 194 Å². The van der Waals surface area contributed by atoms with Crippen LogP contribution in [-0.2, 0) is 4.74 Å². The predicted molar refractivity (Wildman–Crippen MR) is 132 cm³/mol. The normalized spacial score (nSPS) is 25.7. The zero-order chi connectivity index (χ0) is 22.2. The minimum Gasteiger partial charge on any atom is -0.381 e. The molecule has 2 atom stereocenters. The topological polar surface area (TPSA) is 60.9 Å². The zero-order valence-electron chi connectivity index (χ0n) is 20.1. The Morgan fingerprint density at radius 2 is 1.91 bits per heavy atom. The van der Waals surface area contributed by atoms with Crippen molar-refractivity contribution in [2.45, 2.75) is 69.5 Å². The molecule has 0 aromatic heterocycles. The van der Waals surface area contributed by atoms with E-state index >= 15 is 0 Å². The molecule has 6 nitrogen and oxygen atoms in total. The summed E-state index contributed by atoms with van der Waals surface area (Å²) in [6.45, 7) is 8.36. The van der Waals surface area contributed by atoms with Crippen LogP contribution in [-0.4, -0.2) is 68.9 Å². The van der Waals surface area contributed by atoms with E-state index in [-0.39, 0.29) is 5.54 Å². The molecule has 1 aromatic rings. The van der Waals surface area contributed by atoms with Crippen LogP contribution in [0.4, 0.5) is 0 Å². The average Bonchev–Trinajstić information content (AvgIpc) is 3.50. The van der Waals surface area contributed by atoms with Gasteiger partial charge in [-0.25, -0.2) is 0 Å². The molecule has 0 spiro atoms. The first-order chi connectivity index (χ1) is 15.7. The lowest BCUT2D eigenvalue weighted by molar-refractivity contribution is 0.0354. The van der Waals surface area contributed by atoms with Crippen molar-refractivity contribution >= 4 is 5.96 Å². The molecular weight excluding hydrogens is 398 g/mol. The fraction of sp³-hybridized carbons (Fsp3) is 0.731. The Kier molecular flexibility index (Phi) is 8.44. The molecule has 0 amide bonds. The van der Waals surface area contributed by atoms with Gasteiger partial charge in [0, 0.05) is 64.1 Å². The summed E-state index contributed by atoms with van der Waals surface area (Å²) in [6, 6.07) is 11.5. The molecule has 32 heavy (non-hydrogen) atoms. The van der Waals surface area contributed by atoms with Crippen molar-refractivity contribution in [3.63, 3.8) is 0 Å². The van der Waals surface area contributed by atoms with Crippen LogP contribution < -0.4 is 16.0 Å². The minimum atomic E-state index is 0.00924. The maximum absolute atomic E-state index is 5.70. The van der Waals surface area contributed by atoms with Gasteiger partial charge in [-0.3, -0.25) is 4.99 Å². The van der Waals surface area contributed by atoms with Crippen molar-refractivity contribution in [1.29, 1.82) is 0 Å². The molecule has 2 unspecified atom stereocenters. The molecule has 3 aliphatic rings. The SMILES string of the molecule is CN=C(NCC1(NC(C)c2ccccc2)CCOCC1)NC1CCN(CC2CCCC2)C1. The third kappa shape index (κ3) is 6.46. The van der Waals surface area contributed by atoms with Crippen LogP contribution in [0.3, 0.4) is 0 Å². The second kappa shape index (κ2) is 11.5. The first-order valence-electron chi connectivity index (χ1n) is 12.8. The monoisotopic (exact) mass is 441 g/mol. The molecule has 178 valence electrons. The van der Waals surface area contributed by atoms with Gasteiger partial charge in [0.15, 0.2) is 5.96 Å². The molecule has 1 aliphatic carbocycles. The lowest BCUT2D eigenvalue weighted by Crippen LogP contribution is -2.59. The summed E-state index contributed by atoms with van der Waals surface area (Å²) in [5.74, 6) is 1.86. The molecule has 2 saturated heterocycles. The Hall–Kier alpha value is -1.63. The van der Waals surface area contributed by atoms with Gasteiger partial charge in [0.25, 0.3) is 0 Å². The first-order valence-corrected chi connectivity index (χ1v) is 12.8. The number of likely N-dealkylation sites (tertiary alicyclic amines) is 1. The number of hydrogen-bond donors (Lipinski definition) is 3. The summed E-state index contributed by atoms with van der Waals surface area (Å²) >= 11 is 0. The van der Waals surface area contributed by atoms with E-state index in [1.165, 1.54) is 50.8 Å². The van der Waals surface area contributed by atoms with Crippen LogP contribution in [0.2, 0.25) is 0 Å². The van der Waals surface area contributed by atoms with Gasteiger partial charge < -0.3 is 25.6 Å². The number of ether oxygens (including phenoxy) is 1. The van der Waals surface area contributed by atoms with E-state index in [1.807, 2.05) is 7.05 Å². The maximum atomic E-state index is 5.70. The van der Waals surface area contributed by atoms with E-state index in [0.29, 0.717) is 12.1 Å². The molecule has 6 heteroatoms. The fourth-order valence-electron chi connectivity index (χ4n) is 5.73. The second-order valence-electron chi connectivity index (χ2n) is 10.1. The lowest BCUT2D eigenvalue weighted by atomic mass is 9.88. The van der Waals surface area contributed by atoms with Crippen LogP contribution in [0.1, 0.15) is 63.5 Å². The molecule has 0 bridgehead atoms. The molecule has 3 fully saturated rings. The number of hydrogen-bond acceptors (Lipinski definition) is 4. The summed E-state index contributed by atoms with van der Waals surface area (Å²) < 4.78 is 5.70. The third-order valence-electron chi connectivity index (χ3n) is 7.69. The van der Waals surface area contributed by atoms with Gasteiger partial charge in [-0.2, -0.15) is 0 Å². The molecule has 1 aromatic carbocycles. The van der Waals surface area contributed by atoms with Gasteiger partial charge >= 0.3 is 0 Å². The highest BCUT2D eigenvalue weighted by atomic mass is 16.5. The van der Waals surface area contributed by atoms with Gasteiger partial charge in [0.05, 0.1) is 0 Å². The number of nitrogens with one attached hydrogen (secondary N) is 3. The van der Waals surface area contributed by atoms with Crippen molar-refractivity contribution in [2.75, 3.05) is 46.4 Å². The lowest BCUT2D eigenvalue weighted by Gasteiger charge is -2.41. The highest BCUT2D eigenvalue weighted by molar-refractivity contribution is 5.80. The van der Waals surface area contributed by atoms with Gasteiger partial charge in [-0.05, 0) is 50.5 Å². The molecule has 2 aliphatic heterocycles. The third-order valence-corrected chi connectivity index (χ3v) is 7.69. The van der Waals surface area contributed by atoms with Crippen LogP contribution in [0.15, 0.2) is 35.3 Å². The highest BCUT2D eigenvalue weighted by Gasteiger charge is 2.34. The maximum Gasteiger partial charge on any atom is 0.191 e. The Morgan fingerprint density at radius 1 is 1.16 bits per heavy atom. The summed E-state index contributed by atoms with van der Waals surface area (Å²) in [5, 5.41) is 11.3. The minimum absolute atomic E-state index is 0.00924. The smallest absolute Gasteiger partial charge is 0.191 e. The van der Waals surface area contributed by atoms with E-state index in [9.17, 15) is 0 Å². The quantitative estimate of drug-likeness (QED) is 0.427. The van der Waals surface area contributed by atoms with Gasteiger partial charge in [-0.1, -0.05) is 43.2 Å². The Morgan fingerprint density at radius 3 is 2.62 bits per heavy atom. The predicted octanol–water partition coefficient (Wildman–Crippen LogP) is 3.32. The average molecular weight is 442 g/mol. The largest absolute Gasteiger partial charge is 0.381 e. The molecule has 3 N–H and O–H groups in total. The van der Waals surface area contributed by atoms with Crippen molar-refractivity contribution in [3.8, 4) is 0 Å². The van der Waals surface area contributed by atoms with Gasteiger partial charge in [0.1, 0.15) is 0 Å². The van der Waals surface area contributed by atoms with Gasteiger partial charge in [0.2, 0.25) is 0 Å². The van der Waals surface area contributed by atoms with Crippen LogP contribution in [0.25, 0.3) is 0 Å². The fourth-order valence-corrected chi connectivity index (χ4v) is 5.73. The van der Waals surface area contributed by atoms with E-state index in [2.05, 4.69) is 63.1 Å². The van der Waals surface area contributed by atoms with Crippen LogP contribution in [0, 0.1) is 5.92 Å². The highest BCUT2D eigenvalue weighted by Crippen LogP contribution is 2.27. The molecular formula is C26H43N5O. The Bertz CT molecular complexity index is 712. The van der Waals surface area contributed by atoms with Crippen LogP contribution in [0.5, 0.6) is 0 Å². The standard InChI is InChI=1S/C26H43N5O/c1-21(23-10-4-3-5-11-23)30-26(13-16-32-17-14-26)20-28-25(27-2)29-24-12-15-31(19-24)18-22-8-6-7-9-22/h3-5,10-11,21-22,24,30H,6-9,12-20H2,1-2H3,(H2,27,28,29). The summed E-state index contributed by atoms with van der Waals surface area (Å²) in [4.78, 5) is 7.21. The zero-order valence-corrected chi connectivity index (χ0v) is 20.1. The van der Waals surface area contributed by atoms with Crippen molar-refractivity contribution in [2.24, 2.45) is 10.9 Å². The molecule has 1 saturated carbocycles. The van der Waals surface area contributed by atoms with Crippen molar-refractivity contribution in [1.82, 2.24) is 20.9 Å². The molecule has 0 radical (unpaired) electrons.